The van der Waals surface area contributed by atoms with Gasteiger partial charge in [-0.25, -0.2) is 13.4 Å². The smallest absolute Gasteiger partial charge is 0.263 e. The average molecular weight is 599 g/mol. The van der Waals surface area contributed by atoms with Crippen molar-refractivity contribution in [2.75, 3.05) is 36.7 Å². The molecule has 0 bridgehead atoms. The summed E-state index contributed by atoms with van der Waals surface area (Å²) in [5, 5.41) is 6.80. The standard InChI is InChI=1S/C32H30N4O6S/c1-20-12-13-22(15-30(20)42-4)32(37)34-23-9-7-10-27(18-23)43(38,39)36-31-29(14-21-8-5-6-11-28(21)35-31)33-24-16-25(40-2)19-26(17-24)41-3/h5-19,33H,1-4H3,(H,34,37)(H,35,36). The van der Waals surface area contributed by atoms with Crippen molar-refractivity contribution in [3.63, 3.8) is 0 Å². The number of hydrogen-bond donors (Lipinski definition) is 3. The van der Waals surface area contributed by atoms with Crippen LogP contribution in [0.15, 0.2) is 95.9 Å². The van der Waals surface area contributed by atoms with E-state index in [1.54, 1.807) is 74.9 Å². The van der Waals surface area contributed by atoms with Crippen LogP contribution >= 0.6 is 0 Å². The SMILES string of the molecule is COc1cc(Nc2cc3ccccc3nc2NS(=O)(=O)c2cccc(NC(=O)c3ccc(C)c(OC)c3)c2)cc(OC)c1. The second-order valence-electron chi connectivity index (χ2n) is 9.58. The Morgan fingerprint density at radius 1 is 0.767 bits per heavy atom. The van der Waals surface area contributed by atoms with Crippen molar-refractivity contribution in [1.29, 1.82) is 0 Å². The summed E-state index contributed by atoms with van der Waals surface area (Å²) in [5.41, 5.74) is 3.18. The van der Waals surface area contributed by atoms with Crippen LogP contribution in [0.5, 0.6) is 17.2 Å². The Hall–Kier alpha value is -5.29. The van der Waals surface area contributed by atoms with Crippen LogP contribution in [-0.4, -0.2) is 40.6 Å². The summed E-state index contributed by atoms with van der Waals surface area (Å²) in [7, 11) is 0.488. The van der Waals surface area contributed by atoms with E-state index in [0.29, 0.717) is 45.4 Å². The third-order valence-electron chi connectivity index (χ3n) is 6.66. The van der Waals surface area contributed by atoms with Crippen LogP contribution in [0.3, 0.4) is 0 Å². The lowest BCUT2D eigenvalue weighted by Crippen LogP contribution is -2.16. The number of carbonyl (C=O) groups excluding carboxylic acids is 1. The Bertz CT molecular complexity index is 1910. The van der Waals surface area contributed by atoms with E-state index in [1.807, 2.05) is 25.1 Å². The zero-order valence-electron chi connectivity index (χ0n) is 24.0. The number of nitrogens with one attached hydrogen (secondary N) is 3. The molecule has 11 heteroatoms. The number of rotatable bonds is 10. The molecule has 0 aliphatic heterocycles. The Kier molecular flexibility index (Phi) is 8.35. The molecule has 5 aromatic rings. The molecule has 0 saturated heterocycles. The molecule has 0 atom stereocenters. The van der Waals surface area contributed by atoms with Gasteiger partial charge in [0.15, 0.2) is 5.82 Å². The van der Waals surface area contributed by atoms with E-state index in [0.717, 1.165) is 10.9 Å². The minimum absolute atomic E-state index is 0.0595. The summed E-state index contributed by atoms with van der Waals surface area (Å²) in [6, 6.07) is 25.5. The molecule has 0 aliphatic carbocycles. The van der Waals surface area contributed by atoms with E-state index in [9.17, 15) is 13.2 Å². The number of fused-ring (bicyclic) bond motifs is 1. The van der Waals surface area contributed by atoms with Gasteiger partial charge in [0, 0.05) is 40.5 Å². The van der Waals surface area contributed by atoms with Gasteiger partial charge in [-0.15, -0.1) is 0 Å². The fraction of sp³-hybridized carbons (Fsp3) is 0.125. The number of amides is 1. The van der Waals surface area contributed by atoms with E-state index < -0.39 is 15.9 Å². The summed E-state index contributed by atoms with van der Waals surface area (Å²) in [6.45, 7) is 1.88. The number of methoxy groups -OCH3 is 3. The van der Waals surface area contributed by atoms with E-state index in [2.05, 4.69) is 20.3 Å². The maximum atomic E-state index is 13.6. The van der Waals surface area contributed by atoms with Crippen molar-refractivity contribution in [1.82, 2.24) is 4.98 Å². The molecule has 0 radical (unpaired) electrons. The Morgan fingerprint density at radius 2 is 1.51 bits per heavy atom. The summed E-state index contributed by atoms with van der Waals surface area (Å²) >= 11 is 0. The second-order valence-corrected chi connectivity index (χ2v) is 11.3. The zero-order chi connectivity index (χ0) is 30.6. The molecule has 0 unspecified atom stereocenters. The van der Waals surface area contributed by atoms with Crippen molar-refractivity contribution < 1.29 is 27.4 Å². The number of aromatic nitrogens is 1. The molecule has 0 spiro atoms. The zero-order valence-corrected chi connectivity index (χ0v) is 24.8. The van der Waals surface area contributed by atoms with Crippen LogP contribution in [0, 0.1) is 6.92 Å². The lowest BCUT2D eigenvalue weighted by molar-refractivity contribution is 0.102. The van der Waals surface area contributed by atoms with Crippen LogP contribution in [0.25, 0.3) is 10.9 Å². The number of nitrogens with zero attached hydrogens (tertiary/aromatic N) is 1. The van der Waals surface area contributed by atoms with Gasteiger partial charge < -0.3 is 24.8 Å². The van der Waals surface area contributed by atoms with E-state index in [1.165, 1.54) is 19.2 Å². The molecule has 1 amide bonds. The van der Waals surface area contributed by atoms with Gasteiger partial charge in [0.2, 0.25) is 0 Å². The molecule has 0 aliphatic rings. The van der Waals surface area contributed by atoms with Gasteiger partial charge >= 0.3 is 0 Å². The summed E-state index contributed by atoms with van der Waals surface area (Å²) < 4.78 is 45.9. The molecule has 0 fully saturated rings. The number of ether oxygens (including phenoxy) is 3. The molecule has 43 heavy (non-hydrogen) atoms. The topological polar surface area (TPSA) is 128 Å². The van der Waals surface area contributed by atoms with Gasteiger partial charge in [-0.1, -0.05) is 30.3 Å². The first kappa shape index (κ1) is 29.2. The first-order chi connectivity index (χ1) is 20.7. The minimum atomic E-state index is -4.13. The van der Waals surface area contributed by atoms with Crippen LogP contribution in [0.4, 0.5) is 22.9 Å². The highest BCUT2D eigenvalue weighted by Gasteiger charge is 2.20. The van der Waals surface area contributed by atoms with Gasteiger partial charge in [-0.2, -0.15) is 0 Å². The molecular formula is C32H30N4O6S. The van der Waals surface area contributed by atoms with Crippen molar-refractivity contribution in [2.45, 2.75) is 11.8 Å². The molecule has 1 heterocycles. The van der Waals surface area contributed by atoms with Crippen LogP contribution in [0.1, 0.15) is 15.9 Å². The lowest BCUT2D eigenvalue weighted by atomic mass is 10.1. The fourth-order valence-corrected chi connectivity index (χ4v) is 5.48. The predicted molar refractivity (Wildman–Crippen MR) is 168 cm³/mol. The number of anilines is 4. The third kappa shape index (κ3) is 6.62. The van der Waals surface area contributed by atoms with E-state index >= 15 is 0 Å². The van der Waals surface area contributed by atoms with Crippen molar-refractivity contribution in [3.8, 4) is 17.2 Å². The van der Waals surface area contributed by atoms with Gasteiger partial charge in [-0.05, 0) is 55.0 Å². The van der Waals surface area contributed by atoms with Crippen molar-refractivity contribution in [3.05, 3.63) is 102 Å². The fourth-order valence-electron chi connectivity index (χ4n) is 4.42. The monoisotopic (exact) mass is 598 g/mol. The summed E-state index contributed by atoms with van der Waals surface area (Å²) in [6.07, 6.45) is 0. The largest absolute Gasteiger partial charge is 0.497 e. The van der Waals surface area contributed by atoms with Gasteiger partial charge in [-0.3, -0.25) is 9.52 Å². The molecule has 220 valence electrons. The molecule has 10 nitrogen and oxygen atoms in total. The summed E-state index contributed by atoms with van der Waals surface area (Å²) in [4.78, 5) is 17.5. The summed E-state index contributed by atoms with van der Waals surface area (Å²) in [5.74, 6) is 1.37. The first-order valence-electron chi connectivity index (χ1n) is 13.2. The number of aryl methyl sites for hydroxylation is 1. The Balaban J connectivity index is 1.45. The highest BCUT2D eigenvalue weighted by Crippen LogP contribution is 2.33. The maximum absolute atomic E-state index is 13.6. The molecular weight excluding hydrogens is 568 g/mol. The number of hydrogen-bond acceptors (Lipinski definition) is 8. The maximum Gasteiger partial charge on any atom is 0.263 e. The van der Waals surface area contributed by atoms with Crippen LogP contribution in [-0.2, 0) is 10.0 Å². The Labute approximate surface area is 249 Å². The molecule has 3 N–H and O–H groups in total. The average Bonchev–Trinajstić information content (AvgIpc) is 3.01. The lowest BCUT2D eigenvalue weighted by Gasteiger charge is -2.16. The van der Waals surface area contributed by atoms with Crippen LogP contribution in [0.2, 0.25) is 0 Å². The Morgan fingerprint density at radius 3 is 2.23 bits per heavy atom. The molecule has 1 aromatic heterocycles. The number of pyridine rings is 1. The number of benzene rings is 4. The van der Waals surface area contributed by atoms with Gasteiger partial charge in [0.05, 0.1) is 37.4 Å². The quantitative estimate of drug-likeness (QED) is 0.169. The van der Waals surface area contributed by atoms with E-state index in [-0.39, 0.29) is 10.7 Å². The highest BCUT2D eigenvalue weighted by atomic mass is 32.2. The normalized spacial score (nSPS) is 11.1. The van der Waals surface area contributed by atoms with E-state index in [4.69, 9.17) is 14.2 Å². The van der Waals surface area contributed by atoms with Gasteiger partial charge in [0.1, 0.15) is 17.2 Å². The molecule has 5 rings (SSSR count). The molecule has 0 saturated carbocycles. The molecule has 4 aromatic carbocycles. The number of carbonyl (C=O) groups is 1. The number of sulfonamides is 1. The second kappa shape index (κ2) is 12.3. The predicted octanol–water partition coefficient (Wildman–Crippen LogP) is 6.37. The first-order valence-corrected chi connectivity index (χ1v) is 14.7. The van der Waals surface area contributed by atoms with Crippen LogP contribution < -0.4 is 29.6 Å². The van der Waals surface area contributed by atoms with Gasteiger partial charge in [0.25, 0.3) is 15.9 Å². The van der Waals surface area contributed by atoms with Crippen molar-refractivity contribution in [2.24, 2.45) is 0 Å². The third-order valence-corrected chi connectivity index (χ3v) is 7.99. The number of para-hydroxylation sites is 1. The van der Waals surface area contributed by atoms with Crippen molar-refractivity contribution >= 4 is 49.7 Å². The minimum Gasteiger partial charge on any atom is -0.497 e. The highest BCUT2D eigenvalue weighted by molar-refractivity contribution is 7.92.